The predicted octanol–water partition coefficient (Wildman–Crippen LogP) is 2.13. The standard InChI is InChI=1S/C20H22N4O5S4/c1-2-9-24-16-8-7-15(32(21,26)27)12-17(16)31-20(24)22-19(25)14-5-3-10-23(13-14)33(28,29)18-6-4-11-30-18/h2,4,6-8,11-12,14H,1,3,5,9-10,13H2,(H2,21,26,27). The van der Waals surface area contributed by atoms with Gasteiger partial charge in [-0.15, -0.1) is 17.9 Å². The number of amides is 1. The van der Waals surface area contributed by atoms with Crippen LogP contribution in [-0.4, -0.2) is 44.7 Å². The van der Waals surface area contributed by atoms with E-state index in [2.05, 4.69) is 11.6 Å². The maximum absolute atomic E-state index is 13.1. The summed E-state index contributed by atoms with van der Waals surface area (Å²) in [4.78, 5) is 17.7. The highest BCUT2D eigenvalue weighted by Gasteiger charge is 2.33. The molecule has 1 saturated heterocycles. The molecule has 4 rings (SSSR count). The Kier molecular flexibility index (Phi) is 6.71. The maximum atomic E-state index is 13.1. The van der Waals surface area contributed by atoms with Crippen LogP contribution in [0.1, 0.15) is 12.8 Å². The summed E-state index contributed by atoms with van der Waals surface area (Å²) in [6, 6.07) is 7.72. The van der Waals surface area contributed by atoms with Crippen molar-refractivity contribution >= 4 is 58.8 Å². The zero-order valence-electron chi connectivity index (χ0n) is 17.5. The van der Waals surface area contributed by atoms with Gasteiger partial charge in [-0.2, -0.15) is 9.30 Å². The van der Waals surface area contributed by atoms with Crippen LogP contribution in [0.4, 0.5) is 0 Å². The first-order chi connectivity index (χ1) is 15.6. The first-order valence-electron chi connectivity index (χ1n) is 10.0. The molecule has 0 radical (unpaired) electrons. The Balaban J connectivity index is 1.68. The van der Waals surface area contributed by atoms with Crippen molar-refractivity contribution in [1.29, 1.82) is 0 Å². The molecular weight excluding hydrogens is 505 g/mol. The Bertz CT molecular complexity index is 1480. The molecule has 1 atom stereocenters. The zero-order valence-corrected chi connectivity index (χ0v) is 20.7. The minimum Gasteiger partial charge on any atom is -0.313 e. The smallest absolute Gasteiger partial charge is 0.252 e. The summed E-state index contributed by atoms with van der Waals surface area (Å²) in [5, 5.41) is 6.94. The van der Waals surface area contributed by atoms with Crippen LogP contribution in [0.3, 0.4) is 0 Å². The fourth-order valence-corrected chi connectivity index (χ4v) is 8.07. The fraction of sp³-hybridized carbons (Fsp3) is 0.300. The van der Waals surface area contributed by atoms with E-state index in [1.165, 1.54) is 27.8 Å². The highest BCUT2D eigenvalue weighted by atomic mass is 32.2. The van der Waals surface area contributed by atoms with Gasteiger partial charge in [-0.1, -0.05) is 23.5 Å². The minimum atomic E-state index is -3.87. The fourth-order valence-electron chi connectivity index (χ4n) is 3.71. The molecule has 1 aliphatic rings. The number of benzene rings is 1. The average Bonchev–Trinajstić information content (AvgIpc) is 3.42. The highest BCUT2D eigenvalue weighted by molar-refractivity contribution is 7.91. The average molecular weight is 527 g/mol. The van der Waals surface area contributed by atoms with Gasteiger partial charge in [0.05, 0.1) is 21.0 Å². The molecule has 0 aliphatic carbocycles. The van der Waals surface area contributed by atoms with Gasteiger partial charge in [-0.25, -0.2) is 22.0 Å². The Morgan fingerprint density at radius 1 is 1.27 bits per heavy atom. The van der Waals surface area contributed by atoms with E-state index in [0.717, 1.165) is 11.3 Å². The molecule has 2 N–H and O–H groups in total. The van der Waals surface area contributed by atoms with E-state index in [1.54, 1.807) is 34.2 Å². The van der Waals surface area contributed by atoms with E-state index in [1.807, 2.05) is 0 Å². The predicted molar refractivity (Wildman–Crippen MR) is 128 cm³/mol. The first-order valence-corrected chi connectivity index (χ1v) is 14.7. The second kappa shape index (κ2) is 9.24. The number of rotatable bonds is 6. The van der Waals surface area contributed by atoms with E-state index in [4.69, 9.17) is 5.14 Å². The number of fused-ring (bicyclic) bond motifs is 1. The number of sulfonamides is 2. The van der Waals surface area contributed by atoms with E-state index in [-0.39, 0.29) is 15.6 Å². The van der Waals surface area contributed by atoms with Crippen molar-refractivity contribution in [1.82, 2.24) is 8.87 Å². The number of nitrogens with two attached hydrogens (primary N) is 1. The lowest BCUT2D eigenvalue weighted by Gasteiger charge is -2.29. The molecule has 0 bridgehead atoms. The molecule has 1 aliphatic heterocycles. The molecule has 2 aromatic heterocycles. The molecule has 1 fully saturated rings. The molecule has 13 heteroatoms. The molecule has 1 amide bonds. The number of primary sulfonamides is 1. The number of piperidine rings is 1. The van der Waals surface area contributed by atoms with Crippen LogP contribution < -0.4 is 9.94 Å². The number of carbonyl (C=O) groups excluding carboxylic acids is 1. The second-order valence-electron chi connectivity index (χ2n) is 7.54. The second-order valence-corrected chi connectivity index (χ2v) is 13.2. The summed E-state index contributed by atoms with van der Waals surface area (Å²) in [6.07, 6.45) is 2.76. The van der Waals surface area contributed by atoms with Gasteiger partial charge in [0.2, 0.25) is 10.0 Å². The third-order valence-electron chi connectivity index (χ3n) is 5.32. The molecule has 3 heterocycles. The Morgan fingerprint density at radius 3 is 2.73 bits per heavy atom. The lowest BCUT2D eigenvalue weighted by atomic mass is 9.99. The summed E-state index contributed by atoms with van der Waals surface area (Å²) in [6.45, 7) is 4.54. The number of thiophene rings is 1. The third-order valence-corrected chi connectivity index (χ3v) is 10.5. The number of allylic oxidation sites excluding steroid dienone is 1. The molecular formula is C20H22N4O5S4. The number of hydrogen-bond donors (Lipinski definition) is 1. The lowest BCUT2D eigenvalue weighted by Crippen LogP contribution is -2.42. The van der Waals surface area contributed by atoms with Gasteiger partial charge in [-0.05, 0) is 42.5 Å². The van der Waals surface area contributed by atoms with E-state index < -0.39 is 31.9 Å². The summed E-state index contributed by atoms with van der Waals surface area (Å²) >= 11 is 2.32. The number of aromatic nitrogens is 1. The Labute approximate surface area is 199 Å². The summed E-state index contributed by atoms with van der Waals surface area (Å²) in [7, 11) is -7.51. The molecule has 3 aromatic rings. The van der Waals surface area contributed by atoms with Gasteiger partial charge < -0.3 is 4.57 Å². The third kappa shape index (κ3) is 4.88. The van der Waals surface area contributed by atoms with E-state index >= 15 is 0 Å². The quantitative estimate of drug-likeness (QED) is 0.492. The summed E-state index contributed by atoms with van der Waals surface area (Å²) in [5.41, 5.74) is 0.699. The van der Waals surface area contributed by atoms with Crippen LogP contribution in [0.2, 0.25) is 0 Å². The highest BCUT2D eigenvalue weighted by Crippen LogP contribution is 2.27. The molecule has 33 heavy (non-hydrogen) atoms. The molecule has 1 unspecified atom stereocenters. The van der Waals surface area contributed by atoms with Crippen molar-refractivity contribution in [2.75, 3.05) is 13.1 Å². The van der Waals surface area contributed by atoms with Gasteiger partial charge in [0, 0.05) is 19.6 Å². The van der Waals surface area contributed by atoms with Crippen LogP contribution in [0.25, 0.3) is 10.2 Å². The number of nitrogens with zero attached hydrogens (tertiary/aromatic N) is 3. The van der Waals surface area contributed by atoms with Crippen molar-refractivity contribution in [2.24, 2.45) is 16.0 Å². The molecule has 9 nitrogen and oxygen atoms in total. The maximum Gasteiger partial charge on any atom is 0.252 e. The monoisotopic (exact) mass is 526 g/mol. The van der Waals surface area contributed by atoms with Gasteiger partial charge >= 0.3 is 0 Å². The largest absolute Gasteiger partial charge is 0.313 e. The molecule has 0 spiro atoms. The van der Waals surface area contributed by atoms with Gasteiger partial charge in [0.1, 0.15) is 4.21 Å². The number of hydrogen-bond acceptors (Lipinski definition) is 7. The summed E-state index contributed by atoms with van der Waals surface area (Å²) in [5.74, 6) is -0.965. The van der Waals surface area contributed by atoms with Crippen LogP contribution >= 0.6 is 22.7 Å². The van der Waals surface area contributed by atoms with Crippen molar-refractivity contribution < 1.29 is 21.6 Å². The lowest BCUT2D eigenvalue weighted by molar-refractivity contribution is -0.122. The van der Waals surface area contributed by atoms with Crippen LogP contribution in [0.5, 0.6) is 0 Å². The molecule has 1 aromatic carbocycles. The Morgan fingerprint density at radius 2 is 2.06 bits per heavy atom. The number of thiazole rings is 1. The van der Waals surface area contributed by atoms with Crippen molar-refractivity contribution in [2.45, 2.75) is 28.5 Å². The topological polar surface area (TPSA) is 132 Å². The van der Waals surface area contributed by atoms with Gasteiger partial charge in [0.25, 0.3) is 15.9 Å². The van der Waals surface area contributed by atoms with Crippen molar-refractivity contribution in [3.8, 4) is 0 Å². The SMILES string of the molecule is C=CCn1c(=NC(=O)C2CCCN(S(=O)(=O)c3cccs3)C2)sc2cc(S(N)(=O)=O)ccc21. The van der Waals surface area contributed by atoms with Gasteiger partial charge in [-0.3, -0.25) is 4.79 Å². The normalized spacial score (nSPS) is 18.6. The van der Waals surface area contributed by atoms with Crippen LogP contribution in [0, 0.1) is 5.92 Å². The van der Waals surface area contributed by atoms with Gasteiger partial charge in [0.15, 0.2) is 4.80 Å². The molecule has 0 saturated carbocycles. The molecule has 176 valence electrons. The van der Waals surface area contributed by atoms with Crippen molar-refractivity contribution in [3.63, 3.8) is 0 Å². The number of carbonyl (C=O) groups is 1. The van der Waals surface area contributed by atoms with E-state index in [9.17, 15) is 21.6 Å². The zero-order chi connectivity index (χ0) is 23.8. The van der Waals surface area contributed by atoms with E-state index in [0.29, 0.717) is 40.9 Å². The van der Waals surface area contributed by atoms with Crippen LogP contribution in [-0.2, 0) is 31.4 Å². The van der Waals surface area contributed by atoms with Crippen LogP contribution in [0.15, 0.2) is 62.5 Å². The minimum absolute atomic E-state index is 0.0263. The first kappa shape index (κ1) is 24.0. The Hall–Kier alpha value is -2.16. The van der Waals surface area contributed by atoms with Crippen molar-refractivity contribution in [3.05, 3.63) is 53.2 Å². The summed E-state index contributed by atoms with van der Waals surface area (Å²) < 4.78 is 53.1.